The Hall–Kier alpha value is -0.0500. The first kappa shape index (κ1) is 11.0. The van der Waals surface area contributed by atoms with Crippen molar-refractivity contribution >= 4 is 11.6 Å². The largest absolute Gasteiger partial charge is 0.374 e. The van der Waals surface area contributed by atoms with Gasteiger partial charge in [-0.05, 0) is 13.8 Å². The molecule has 1 fully saturated rings. The lowest BCUT2D eigenvalue weighted by Crippen LogP contribution is -2.48. The van der Waals surface area contributed by atoms with Crippen LogP contribution in [-0.2, 0) is 4.74 Å². The number of hydrogen-bond acceptors (Lipinski definition) is 2. The van der Waals surface area contributed by atoms with E-state index in [4.69, 9.17) is 16.3 Å². The minimum absolute atomic E-state index is 0.211. The average molecular weight is 204 g/mol. The lowest BCUT2D eigenvalue weighted by atomic mass is 10.2. The Morgan fingerprint density at radius 2 is 2.38 bits per heavy atom. The van der Waals surface area contributed by atoms with Gasteiger partial charge in [-0.25, -0.2) is 0 Å². The van der Waals surface area contributed by atoms with Crippen molar-refractivity contribution in [2.45, 2.75) is 26.0 Å². The maximum Gasteiger partial charge on any atom is 0.0838 e. The third kappa shape index (κ3) is 3.29. The highest BCUT2D eigenvalue weighted by molar-refractivity contribution is 6.18. The van der Waals surface area contributed by atoms with Gasteiger partial charge in [-0.1, -0.05) is 12.2 Å². The highest BCUT2D eigenvalue weighted by Gasteiger charge is 2.24. The molecule has 1 aliphatic heterocycles. The molecule has 0 spiro atoms. The summed E-state index contributed by atoms with van der Waals surface area (Å²) in [6.07, 6.45) is 4.47. The van der Waals surface area contributed by atoms with Gasteiger partial charge in [-0.15, -0.1) is 11.6 Å². The van der Waals surface area contributed by atoms with E-state index in [2.05, 4.69) is 24.0 Å². The van der Waals surface area contributed by atoms with Crippen LogP contribution >= 0.6 is 11.6 Å². The van der Waals surface area contributed by atoms with E-state index in [9.17, 15) is 0 Å². The fraction of sp³-hybridized carbons (Fsp3) is 0.800. The predicted molar refractivity (Wildman–Crippen MR) is 56.3 cm³/mol. The standard InChI is InChI=1S/C10H18ClNO/c1-3-4-5-12-7-10(6-11)13-8-9(12)2/h3-4,9-10H,5-8H2,1-2H3/b4-3+. The highest BCUT2D eigenvalue weighted by atomic mass is 35.5. The van der Waals surface area contributed by atoms with Crippen molar-refractivity contribution in [3.8, 4) is 0 Å². The summed E-state index contributed by atoms with van der Waals surface area (Å²) < 4.78 is 5.55. The lowest BCUT2D eigenvalue weighted by molar-refractivity contribution is -0.0431. The van der Waals surface area contributed by atoms with Crippen molar-refractivity contribution in [2.75, 3.05) is 25.6 Å². The monoisotopic (exact) mass is 203 g/mol. The summed E-state index contributed by atoms with van der Waals surface area (Å²) in [5, 5.41) is 0. The Labute approximate surface area is 85.5 Å². The van der Waals surface area contributed by atoms with Crippen molar-refractivity contribution in [3.05, 3.63) is 12.2 Å². The number of rotatable bonds is 3. The molecule has 1 aliphatic rings. The molecule has 0 bridgehead atoms. The molecule has 0 saturated carbocycles. The first-order valence-electron chi connectivity index (χ1n) is 4.80. The molecule has 1 rings (SSSR count). The zero-order chi connectivity index (χ0) is 9.68. The summed E-state index contributed by atoms with van der Waals surface area (Å²) in [4.78, 5) is 2.40. The SMILES string of the molecule is C/C=C/CN1CC(CCl)OCC1C. The highest BCUT2D eigenvalue weighted by Crippen LogP contribution is 2.12. The first-order chi connectivity index (χ1) is 6.27. The molecular weight excluding hydrogens is 186 g/mol. The van der Waals surface area contributed by atoms with Gasteiger partial charge in [-0.3, -0.25) is 4.90 Å². The second-order valence-corrected chi connectivity index (χ2v) is 3.79. The number of morpholine rings is 1. The number of nitrogens with zero attached hydrogens (tertiary/aromatic N) is 1. The zero-order valence-electron chi connectivity index (χ0n) is 8.37. The summed E-state index contributed by atoms with van der Waals surface area (Å²) in [5.74, 6) is 0.596. The Bertz CT molecular complexity index is 172. The molecule has 2 atom stereocenters. The molecule has 0 radical (unpaired) electrons. The quantitative estimate of drug-likeness (QED) is 0.513. The molecular formula is C10H18ClNO. The second kappa shape index (κ2) is 5.63. The Morgan fingerprint density at radius 3 is 3.00 bits per heavy atom. The number of halogens is 1. The summed E-state index contributed by atoms with van der Waals surface area (Å²) >= 11 is 5.76. The molecule has 2 unspecified atom stereocenters. The van der Waals surface area contributed by atoms with Crippen LogP contribution in [0.25, 0.3) is 0 Å². The Balaban J connectivity index is 2.40. The van der Waals surface area contributed by atoms with Gasteiger partial charge in [0.25, 0.3) is 0 Å². The van der Waals surface area contributed by atoms with E-state index >= 15 is 0 Å². The average Bonchev–Trinajstić information content (AvgIpc) is 2.17. The van der Waals surface area contributed by atoms with Crippen LogP contribution in [0.1, 0.15) is 13.8 Å². The third-order valence-electron chi connectivity index (χ3n) is 2.38. The van der Waals surface area contributed by atoms with Gasteiger partial charge in [-0.2, -0.15) is 0 Å². The van der Waals surface area contributed by atoms with Crippen LogP contribution in [0.15, 0.2) is 12.2 Å². The van der Waals surface area contributed by atoms with Crippen LogP contribution in [-0.4, -0.2) is 42.6 Å². The fourth-order valence-corrected chi connectivity index (χ4v) is 1.65. The number of allylic oxidation sites excluding steroid dienone is 1. The maximum atomic E-state index is 5.76. The van der Waals surface area contributed by atoms with E-state index in [0.717, 1.165) is 19.7 Å². The summed E-state index contributed by atoms with van der Waals surface area (Å²) in [7, 11) is 0. The van der Waals surface area contributed by atoms with Gasteiger partial charge in [0.15, 0.2) is 0 Å². The van der Waals surface area contributed by atoms with Gasteiger partial charge in [0.05, 0.1) is 12.7 Å². The zero-order valence-corrected chi connectivity index (χ0v) is 9.13. The van der Waals surface area contributed by atoms with Gasteiger partial charge in [0.1, 0.15) is 0 Å². The second-order valence-electron chi connectivity index (χ2n) is 3.48. The molecule has 0 aliphatic carbocycles. The fourth-order valence-electron chi connectivity index (χ4n) is 1.46. The van der Waals surface area contributed by atoms with Crippen molar-refractivity contribution in [2.24, 2.45) is 0 Å². The van der Waals surface area contributed by atoms with Crippen LogP contribution in [0, 0.1) is 0 Å². The van der Waals surface area contributed by atoms with Crippen LogP contribution in [0.5, 0.6) is 0 Å². The van der Waals surface area contributed by atoms with Crippen molar-refractivity contribution < 1.29 is 4.74 Å². The molecule has 0 aromatic heterocycles. The number of hydrogen-bond donors (Lipinski definition) is 0. The van der Waals surface area contributed by atoms with Gasteiger partial charge in [0, 0.05) is 25.0 Å². The van der Waals surface area contributed by atoms with Crippen molar-refractivity contribution in [3.63, 3.8) is 0 Å². The summed E-state index contributed by atoms with van der Waals surface area (Å²) in [6, 6.07) is 0.510. The predicted octanol–water partition coefficient (Wildman–Crippen LogP) is 1.89. The third-order valence-corrected chi connectivity index (χ3v) is 2.73. The van der Waals surface area contributed by atoms with E-state index in [1.165, 1.54) is 0 Å². The van der Waals surface area contributed by atoms with Crippen LogP contribution in [0.3, 0.4) is 0 Å². The summed E-state index contributed by atoms with van der Waals surface area (Å²) in [5.41, 5.74) is 0. The normalized spacial score (nSPS) is 31.3. The Kier molecular flexibility index (Phi) is 4.78. The topological polar surface area (TPSA) is 12.5 Å². The molecule has 3 heteroatoms. The van der Waals surface area contributed by atoms with Crippen molar-refractivity contribution in [1.29, 1.82) is 0 Å². The Morgan fingerprint density at radius 1 is 1.62 bits per heavy atom. The van der Waals surface area contributed by atoms with Crippen LogP contribution in [0.2, 0.25) is 0 Å². The van der Waals surface area contributed by atoms with E-state index < -0.39 is 0 Å². The molecule has 0 aromatic rings. The molecule has 0 amide bonds. The van der Waals surface area contributed by atoms with Gasteiger partial charge >= 0.3 is 0 Å². The van der Waals surface area contributed by atoms with Crippen LogP contribution < -0.4 is 0 Å². The minimum Gasteiger partial charge on any atom is -0.374 e. The molecule has 76 valence electrons. The number of ether oxygens (including phenoxy) is 1. The molecule has 1 heterocycles. The lowest BCUT2D eigenvalue weighted by Gasteiger charge is -2.36. The van der Waals surface area contributed by atoms with Crippen molar-refractivity contribution in [1.82, 2.24) is 4.90 Å². The first-order valence-corrected chi connectivity index (χ1v) is 5.34. The molecule has 1 saturated heterocycles. The summed E-state index contributed by atoms with van der Waals surface area (Å²) in [6.45, 7) is 7.00. The molecule has 0 N–H and O–H groups in total. The van der Waals surface area contributed by atoms with E-state index in [1.54, 1.807) is 0 Å². The van der Waals surface area contributed by atoms with Crippen LogP contribution in [0.4, 0.5) is 0 Å². The van der Waals surface area contributed by atoms with E-state index in [0.29, 0.717) is 11.9 Å². The maximum absolute atomic E-state index is 5.76. The van der Waals surface area contributed by atoms with E-state index in [1.807, 2.05) is 6.92 Å². The van der Waals surface area contributed by atoms with Gasteiger partial charge < -0.3 is 4.74 Å². The molecule has 0 aromatic carbocycles. The minimum atomic E-state index is 0.211. The molecule has 2 nitrogen and oxygen atoms in total. The smallest absolute Gasteiger partial charge is 0.0838 e. The van der Waals surface area contributed by atoms with Gasteiger partial charge in [0.2, 0.25) is 0 Å². The molecule has 13 heavy (non-hydrogen) atoms. The van der Waals surface area contributed by atoms with E-state index in [-0.39, 0.29) is 6.10 Å². The number of alkyl halides is 1.